The van der Waals surface area contributed by atoms with E-state index in [1.807, 2.05) is 43.0 Å². The number of nitrogens with zero attached hydrogens (tertiary/aromatic N) is 5. The van der Waals surface area contributed by atoms with Gasteiger partial charge in [0.15, 0.2) is 5.65 Å². The molecule has 1 saturated heterocycles. The van der Waals surface area contributed by atoms with Crippen LogP contribution in [0.5, 0.6) is 0 Å². The van der Waals surface area contributed by atoms with Gasteiger partial charge in [0, 0.05) is 30.7 Å². The number of amides is 1. The van der Waals surface area contributed by atoms with Crippen LogP contribution in [0.15, 0.2) is 72.0 Å². The van der Waals surface area contributed by atoms with Crippen molar-refractivity contribution in [1.82, 2.24) is 19.4 Å². The molecule has 1 amide bonds. The summed E-state index contributed by atoms with van der Waals surface area (Å²) in [6, 6.07) is 15.3. The van der Waals surface area contributed by atoms with Gasteiger partial charge < -0.3 is 9.80 Å². The number of hydrogen-bond acceptors (Lipinski definition) is 5. The average molecular weight is 560 g/mol. The van der Waals surface area contributed by atoms with Crippen LogP contribution >= 0.6 is 11.6 Å². The minimum absolute atomic E-state index is 0.118. The van der Waals surface area contributed by atoms with Crippen molar-refractivity contribution >= 4 is 34.4 Å². The highest BCUT2D eigenvalue weighted by molar-refractivity contribution is 6.33. The minimum Gasteiger partial charge on any atom is -0.349 e. The van der Waals surface area contributed by atoms with Crippen molar-refractivity contribution in [2.24, 2.45) is 0 Å². The van der Waals surface area contributed by atoms with Gasteiger partial charge in [-0.1, -0.05) is 62.4 Å². The second kappa shape index (κ2) is 10.8. The Morgan fingerprint density at radius 1 is 1.07 bits per heavy atom. The van der Waals surface area contributed by atoms with Crippen LogP contribution in [0.1, 0.15) is 39.2 Å². The third-order valence-corrected chi connectivity index (χ3v) is 7.73. The lowest BCUT2D eigenvalue weighted by Gasteiger charge is -2.44. The van der Waals surface area contributed by atoms with E-state index in [9.17, 15) is 14.0 Å². The summed E-state index contributed by atoms with van der Waals surface area (Å²) in [5.41, 5.74) is 1.90. The maximum absolute atomic E-state index is 14.9. The van der Waals surface area contributed by atoms with Gasteiger partial charge in [0.25, 0.3) is 0 Å². The summed E-state index contributed by atoms with van der Waals surface area (Å²) < 4.78 is 16.4. The van der Waals surface area contributed by atoms with Gasteiger partial charge in [0.1, 0.15) is 11.6 Å². The quantitative estimate of drug-likeness (QED) is 0.282. The lowest BCUT2D eigenvalue weighted by atomic mass is 10.0. The van der Waals surface area contributed by atoms with Crippen LogP contribution < -0.4 is 10.6 Å². The first-order chi connectivity index (χ1) is 19.1. The lowest BCUT2D eigenvalue weighted by Crippen LogP contribution is -2.58. The Morgan fingerprint density at radius 2 is 1.77 bits per heavy atom. The molecule has 0 N–H and O–H groups in total. The van der Waals surface area contributed by atoms with E-state index in [2.05, 4.69) is 25.4 Å². The number of carbonyl (C=O) groups excluding carboxylic acids is 1. The molecule has 2 aromatic carbocycles. The molecule has 7 nitrogen and oxygen atoms in total. The summed E-state index contributed by atoms with van der Waals surface area (Å²) in [7, 11) is 0. The molecule has 1 aliphatic heterocycles. The highest BCUT2D eigenvalue weighted by Crippen LogP contribution is 2.36. The van der Waals surface area contributed by atoms with Crippen molar-refractivity contribution in [3.05, 3.63) is 94.1 Å². The van der Waals surface area contributed by atoms with Crippen LogP contribution in [-0.2, 0) is 4.79 Å². The van der Waals surface area contributed by atoms with E-state index < -0.39 is 11.5 Å². The van der Waals surface area contributed by atoms with Crippen molar-refractivity contribution in [1.29, 1.82) is 0 Å². The molecule has 0 unspecified atom stereocenters. The number of aromatic nitrogens is 3. The molecular weight excluding hydrogens is 529 g/mol. The molecule has 0 aliphatic carbocycles. The molecule has 9 heteroatoms. The molecule has 1 aliphatic rings. The monoisotopic (exact) mass is 559 g/mol. The van der Waals surface area contributed by atoms with Crippen LogP contribution in [0.4, 0.5) is 10.2 Å². The van der Waals surface area contributed by atoms with Gasteiger partial charge >= 0.3 is 5.69 Å². The van der Waals surface area contributed by atoms with Crippen LogP contribution in [-0.4, -0.2) is 50.5 Å². The Hall–Kier alpha value is -4.04. The van der Waals surface area contributed by atoms with Crippen LogP contribution in [0, 0.1) is 5.82 Å². The summed E-state index contributed by atoms with van der Waals surface area (Å²) in [6.45, 7) is 12.5. The van der Waals surface area contributed by atoms with Crippen molar-refractivity contribution in [3.8, 4) is 16.9 Å². The first-order valence-electron chi connectivity index (χ1n) is 13.3. The molecule has 0 bridgehead atoms. The first kappa shape index (κ1) is 27.5. The molecule has 5 rings (SSSR count). The predicted octanol–water partition coefficient (Wildman–Crippen LogP) is 5.98. The SMILES string of the molecule is C=CC(=O)N1C[C@H](C)N(c2nc(=O)n(-c3ccccc3C(C)C)c3nc(-c4ccccc4F)c(Cl)cc23)C[C@H]1C. The minimum atomic E-state index is -0.505. The number of piperazine rings is 1. The Balaban J connectivity index is 1.80. The third-order valence-electron chi connectivity index (χ3n) is 7.45. The van der Waals surface area contributed by atoms with Crippen LogP contribution in [0.3, 0.4) is 0 Å². The highest BCUT2D eigenvalue weighted by atomic mass is 35.5. The standard InChI is InChI=1S/C31H31ClFN5O2/c1-6-27(39)36-16-20(5)37(17-19(36)4)29-23-15-24(32)28(22-12-7-9-13-25(22)33)34-30(23)38(31(40)35-29)26-14-10-8-11-21(26)18(2)3/h6-15,18-20H,1,16-17H2,2-5H3/t19-,20+/m1/s1. The number of hydrogen-bond donors (Lipinski definition) is 0. The molecule has 1 fully saturated rings. The molecule has 0 spiro atoms. The maximum atomic E-state index is 14.9. The number of para-hydroxylation sites is 1. The van der Waals surface area contributed by atoms with Crippen molar-refractivity contribution in [3.63, 3.8) is 0 Å². The van der Waals surface area contributed by atoms with Crippen LogP contribution in [0.2, 0.25) is 5.02 Å². The van der Waals surface area contributed by atoms with Crippen molar-refractivity contribution < 1.29 is 9.18 Å². The maximum Gasteiger partial charge on any atom is 0.355 e. The number of fused-ring (bicyclic) bond motifs is 1. The molecule has 3 heterocycles. The summed E-state index contributed by atoms with van der Waals surface area (Å²) in [5.74, 6) is -0.0606. The zero-order valence-corrected chi connectivity index (χ0v) is 23.7. The number of benzene rings is 2. The van der Waals surface area contributed by atoms with Gasteiger partial charge in [-0.3, -0.25) is 4.79 Å². The number of pyridine rings is 1. The van der Waals surface area contributed by atoms with Gasteiger partial charge in [-0.15, -0.1) is 0 Å². The number of rotatable bonds is 5. The summed E-state index contributed by atoms with van der Waals surface area (Å²) in [4.78, 5) is 39.5. The van der Waals surface area contributed by atoms with Crippen LogP contribution in [0.25, 0.3) is 28.0 Å². The fourth-order valence-corrected chi connectivity index (χ4v) is 5.66. The van der Waals surface area contributed by atoms with Gasteiger partial charge in [-0.2, -0.15) is 4.98 Å². The number of halogens is 2. The fraction of sp³-hybridized carbons (Fsp3) is 0.290. The molecular formula is C31H31ClFN5O2. The normalized spacial score (nSPS) is 17.5. The largest absolute Gasteiger partial charge is 0.355 e. The molecule has 2 aromatic heterocycles. The van der Waals surface area contributed by atoms with E-state index >= 15 is 0 Å². The van der Waals surface area contributed by atoms with Gasteiger partial charge in [-0.05, 0) is 55.7 Å². The second-order valence-electron chi connectivity index (χ2n) is 10.5. The molecule has 2 atom stereocenters. The van der Waals surface area contributed by atoms with E-state index in [1.165, 1.54) is 16.7 Å². The van der Waals surface area contributed by atoms with Gasteiger partial charge in [-0.25, -0.2) is 18.7 Å². The summed E-state index contributed by atoms with van der Waals surface area (Å²) in [5, 5.41) is 0.801. The Morgan fingerprint density at radius 3 is 2.48 bits per heavy atom. The molecule has 0 radical (unpaired) electrons. The Labute approximate surface area is 237 Å². The molecule has 40 heavy (non-hydrogen) atoms. The molecule has 0 saturated carbocycles. The topological polar surface area (TPSA) is 71.3 Å². The molecule has 206 valence electrons. The van der Waals surface area contributed by atoms with E-state index in [1.54, 1.807) is 29.2 Å². The summed E-state index contributed by atoms with van der Waals surface area (Å²) >= 11 is 6.76. The Bertz CT molecular complexity index is 1680. The first-order valence-corrected chi connectivity index (χ1v) is 13.7. The third kappa shape index (κ3) is 4.77. The van der Waals surface area contributed by atoms with E-state index in [0.717, 1.165) is 5.56 Å². The number of carbonyl (C=O) groups is 1. The lowest BCUT2D eigenvalue weighted by molar-refractivity contribution is -0.128. The highest BCUT2D eigenvalue weighted by Gasteiger charge is 2.34. The van der Waals surface area contributed by atoms with Gasteiger partial charge in [0.2, 0.25) is 5.91 Å². The zero-order valence-electron chi connectivity index (χ0n) is 22.9. The van der Waals surface area contributed by atoms with Crippen molar-refractivity contribution in [2.45, 2.75) is 45.7 Å². The fourth-order valence-electron chi connectivity index (χ4n) is 5.41. The zero-order chi connectivity index (χ0) is 28.7. The van der Waals surface area contributed by atoms with Gasteiger partial charge in [0.05, 0.1) is 21.8 Å². The van der Waals surface area contributed by atoms with Crippen molar-refractivity contribution in [2.75, 3.05) is 18.0 Å². The predicted molar refractivity (Wildman–Crippen MR) is 158 cm³/mol. The Kier molecular flexibility index (Phi) is 7.47. The average Bonchev–Trinajstić information content (AvgIpc) is 2.93. The number of anilines is 1. The van der Waals surface area contributed by atoms with E-state index in [4.69, 9.17) is 16.6 Å². The smallest absolute Gasteiger partial charge is 0.349 e. The second-order valence-corrected chi connectivity index (χ2v) is 10.9. The van der Waals surface area contributed by atoms with E-state index in [-0.39, 0.29) is 40.2 Å². The van der Waals surface area contributed by atoms with E-state index in [0.29, 0.717) is 35.6 Å². The molecule has 4 aromatic rings. The summed E-state index contributed by atoms with van der Waals surface area (Å²) in [6.07, 6.45) is 1.31.